The first-order chi connectivity index (χ1) is 9.08. The molecule has 0 bridgehead atoms. The minimum absolute atomic E-state index is 0.160. The number of nitrogens with one attached hydrogen (secondary N) is 1. The van der Waals surface area contributed by atoms with Gasteiger partial charge in [-0.1, -0.05) is 12.8 Å². The van der Waals surface area contributed by atoms with Gasteiger partial charge in [0.05, 0.1) is 11.0 Å². The third-order valence-corrected chi connectivity index (χ3v) is 4.07. The lowest BCUT2D eigenvalue weighted by Crippen LogP contribution is -2.32. The van der Waals surface area contributed by atoms with Gasteiger partial charge in [-0.05, 0) is 40.9 Å². The first-order valence-electron chi connectivity index (χ1n) is 6.45. The lowest BCUT2D eigenvalue weighted by atomic mass is 10.1. The van der Waals surface area contributed by atoms with E-state index in [0.717, 1.165) is 12.8 Å². The minimum Gasteiger partial charge on any atom is -0.307 e. The predicted octanol–water partition coefficient (Wildman–Crippen LogP) is 3.37. The van der Waals surface area contributed by atoms with Crippen LogP contribution in [0.3, 0.4) is 0 Å². The Bertz CT molecular complexity index is 473. The van der Waals surface area contributed by atoms with Crippen molar-refractivity contribution in [1.82, 2.24) is 5.32 Å². The molecule has 0 atom stereocenters. The summed E-state index contributed by atoms with van der Waals surface area (Å²) in [6, 6.07) is 2.84. The SMILES string of the molecule is O=C(CNC1CCCC1)Cc1c(F)ccc(Br)c1F. The van der Waals surface area contributed by atoms with Crippen LogP contribution in [0.4, 0.5) is 8.78 Å². The molecule has 1 aromatic carbocycles. The second-order valence-corrected chi connectivity index (χ2v) is 5.75. The van der Waals surface area contributed by atoms with Crippen molar-refractivity contribution < 1.29 is 13.6 Å². The standard InChI is InChI=1S/C14H16BrF2NO/c15-12-5-6-13(16)11(14(12)17)7-10(19)8-18-9-3-1-2-4-9/h5-6,9,18H,1-4,7-8H2. The minimum atomic E-state index is -0.686. The van der Waals surface area contributed by atoms with Crippen molar-refractivity contribution in [2.75, 3.05) is 6.54 Å². The first kappa shape index (κ1) is 14.6. The number of carbonyl (C=O) groups is 1. The van der Waals surface area contributed by atoms with Gasteiger partial charge in [0, 0.05) is 18.0 Å². The van der Waals surface area contributed by atoms with Gasteiger partial charge in [0.25, 0.3) is 0 Å². The maximum Gasteiger partial charge on any atom is 0.151 e. The van der Waals surface area contributed by atoms with E-state index in [0.29, 0.717) is 6.04 Å². The van der Waals surface area contributed by atoms with Crippen LogP contribution in [0.5, 0.6) is 0 Å². The van der Waals surface area contributed by atoms with Gasteiger partial charge in [0.15, 0.2) is 5.78 Å². The van der Waals surface area contributed by atoms with E-state index in [1.807, 2.05) is 0 Å². The van der Waals surface area contributed by atoms with Crippen LogP contribution in [0.25, 0.3) is 0 Å². The van der Waals surface area contributed by atoms with Crippen LogP contribution >= 0.6 is 15.9 Å². The second kappa shape index (κ2) is 6.57. The van der Waals surface area contributed by atoms with Gasteiger partial charge in [-0.25, -0.2) is 8.78 Å². The predicted molar refractivity (Wildman–Crippen MR) is 73.0 cm³/mol. The van der Waals surface area contributed by atoms with Gasteiger partial charge in [-0.15, -0.1) is 0 Å². The summed E-state index contributed by atoms with van der Waals surface area (Å²) < 4.78 is 27.4. The number of rotatable bonds is 5. The van der Waals surface area contributed by atoms with Crippen LogP contribution in [-0.2, 0) is 11.2 Å². The van der Waals surface area contributed by atoms with Gasteiger partial charge in [0.1, 0.15) is 11.6 Å². The smallest absolute Gasteiger partial charge is 0.151 e. The Morgan fingerprint density at radius 1 is 1.32 bits per heavy atom. The zero-order chi connectivity index (χ0) is 13.8. The van der Waals surface area contributed by atoms with E-state index >= 15 is 0 Å². The summed E-state index contributed by atoms with van der Waals surface area (Å²) in [5, 5.41) is 3.15. The fraction of sp³-hybridized carbons (Fsp3) is 0.500. The van der Waals surface area contributed by atoms with E-state index in [1.165, 1.54) is 25.0 Å². The highest BCUT2D eigenvalue weighted by atomic mass is 79.9. The Labute approximate surface area is 119 Å². The molecule has 0 saturated heterocycles. The quantitative estimate of drug-likeness (QED) is 0.838. The van der Waals surface area contributed by atoms with Crippen molar-refractivity contribution in [1.29, 1.82) is 0 Å². The Morgan fingerprint density at radius 2 is 2.00 bits per heavy atom. The number of hydrogen-bond donors (Lipinski definition) is 1. The zero-order valence-corrected chi connectivity index (χ0v) is 12.1. The Balaban J connectivity index is 1.93. The highest BCUT2D eigenvalue weighted by Gasteiger charge is 2.18. The maximum atomic E-state index is 13.7. The number of ketones is 1. The number of hydrogen-bond acceptors (Lipinski definition) is 2. The second-order valence-electron chi connectivity index (χ2n) is 4.90. The molecule has 2 nitrogen and oxygen atoms in total. The molecule has 0 aliphatic heterocycles. The van der Waals surface area contributed by atoms with Crippen LogP contribution in [-0.4, -0.2) is 18.4 Å². The van der Waals surface area contributed by atoms with Crippen molar-refractivity contribution in [3.8, 4) is 0 Å². The average molecular weight is 332 g/mol. The average Bonchev–Trinajstić information content (AvgIpc) is 2.90. The molecule has 19 heavy (non-hydrogen) atoms. The zero-order valence-electron chi connectivity index (χ0n) is 10.5. The third kappa shape index (κ3) is 3.83. The summed E-state index contributed by atoms with van der Waals surface area (Å²) in [4.78, 5) is 11.8. The molecular formula is C14H16BrF2NO. The lowest BCUT2D eigenvalue weighted by Gasteiger charge is -2.11. The van der Waals surface area contributed by atoms with E-state index in [4.69, 9.17) is 0 Å². The summed E-state index contributed by atoms with van der Waals surface area (Å²) in [5.41, 5.74) is -0.160. The number of halogens is 3. The molecule has 1 fully saturated rings. The van der Waals surface area contributed by atoms with Gasteiger partial charge >= 0.3 is 0 Å². The molecule has 1 saturated carbocycles. The highest BCUT2D eigenvalue weighted by Crippen LogP contribution is 2.22. The lowest BCUT2D eigenvalue weighted by molar-refractivity contribution is -0.117. The van der Waals surface area contributed by atoms with Crippen LogP contribution in [0.2, 0.25) is 0 Å². The molecule has 0 heterocycles. The molecule has 1 aromatic rings. The van der Waals surface area contributed by atoms with Gasteiger partial charge in [0.2, 0.25) is 0 Å². The van der Waals surface area contributed by atoms with Crippen molar-refractivity contribution in [2.24, 2.45) is 0 Å². The summed E-state index contributed by atoms with van der Waals surface area (Å²) in [7, 11) is 0. The summed E-state index contributed by atoms with van der Waals surface area (Å²) in [6.45, 7) is 0.177. The Kier molecular flexibility index (Phi) is 5.05. The van der Waals surface area contributed by atoms with Crippen molar-refractivity contribution in [3.05, 3.63) is 33.8 Å². The van der Waals surface area contributed by atoms with Crippen molar-refractivity contribution in [2.45, 2.75) is 38.1 Å². The fourth-order valence-corrected chi connectivity index (χ4v) is 2.75. The third-order valence-electron chi connectivity index (χ3n) is 3.46. The largest absolute Gasteiger partial charge is 0.307 e. The number of Topliss-reactive ketones (excluding diaryl/α,β-unsaturated/α-hetero) is 1. The molecule has 0 aromatic heterocycles. The van der Waals surface area contributed by atoms with Crippen LogP contribution in [0.1, 0.15) is 31.2 Å². The number of benzene rings is 1. The fourth-order valence-electron chi connectivity index (χ4n) is 2.38. The van der Waals surface area contributed by atoms with Crippen LogP contribution in [0, 0.1) is 11.6 Å². The maximum absolute atomic E-state index is 13.7. The molecule has 0 amide bonds. The molecule has 1 aliphatic rings. The molecule has 0 unspecified atom stereocenters. The molecule has 2 rings (SSSR count). The van der Waals surface area contributed by atoms with E-state index in [9.17, 15) is 13.6 Å². The Morgan fingerprint density at radius 3 is 2.68 bits per heavy atom. The monoisotopic (exact) mass is 331 g/mol. The molecule has 104 valence electrons. The van der Waals surface area contributed by atoms with Gasteiger partial charge in [-0.3, -0.25) is 4.79 Å². The van der Waals surface area contributed by atoms with Gasteiger partial charge in [-0.2, -0.15) is 0 Å². The summed E-state index contributed by atoms with van der Waals surface area (Å²) in [6.07, 6.45) is 4.30. The van der Waals surface area contributed by atoms with E-state index < -0.39 is 11.6 Å². The first-order valence-corrected chi connectivity index (χ1v) is 7.24. The molecular weight excluding hydrogens is 316 g/mol. The van der Waals surface area contributed by atoms with Crippen LogP contribution in [0.15, 0.2) is 16.6 Å². The van der Waals surface area contributed by atoms with Crippen LogP contribution < -0.4 is 5.32 Å². The molecule has 5 heteroatoms. The van der Waals surface area contributed by atoms with E-state index in [2.05, 4.69) is 21.2 Å². The van der Waals surface area contributed by atoms with Crippen molar-refractivity contribution in [3.63, 3.8) is 0 Å². The molecule has 0 spiro atoms. The highest BCUT2D eigenvalue weighted by molar-refractivity contribution is 9.10. The topological polar surface area (TPSA) is 29.1 Å². The van der Waals surface area contributed by atoms with E-state index in [-0.39, 0.29) is 28.8 Å². The van der Waals surface area contributed by atoms with E-state index in [1.54, 1.807) is 0 Å². The molecule has 1 aliphatic carbocycles. The normalized spacial score (nSPS) is 15.9. The summed E-state index contributed by atoms with van der Waals surface area (Å²) >= 11 is 2.99. The van der Waals surface area contributed by atoms with Crippen molar-refractivity contribution >= 4 is 21.7 Å². The van der Waals surface area contributed by atoms with Gasteiger partial charge < -0.3 is 5.32 Å². The molecule has 1 N–H and O–H groups in total. The molecule has 0 radical (unpaired) electrons. The number of carbonyl (C=O) groups excluding carboxylic acids is 1. The summed E-state index contributed by atoms with van der Waals surface area (Å²) in [5.74, 6) is -1.55. The Hall–Kier alpha value is -0.810.